The Labute approximate surface area is 191 Å². The van der Waals surface area contributed by atoms with Crippen LogP contribution in [0.25, 0.3) is 11.1 Å². The Morgan fingerprint density at radius 3 is 1.88 bits per heavy atom. The second-order valence-electron chi connectivity index (χ2n) is 7.46. The molecule has 170 valence electrons. The molecule has 32 heavy (non-hydrogen) atoms. The zero-order valence-corrected chi connectivity index (χ0v) is 20.8. The Bertz CT molecular complexity index is 1220. The lowest BCUT2D eigenvalue weighted by atomic mass is 9.94. The number of hydrogen-bond donors (Lipinski definition) is 1. The Hall–Kier alpha value is -2.60. The third-order valence-electron chi connectivity index (χ3n) is 5.19. The van der Waals surface area contributed by atoms with Crippen molar-refractivity contribution in [1.29, 1.82) is 0 Å². The minimum absolute atomic E-state index is 0.103. The molecule has 3 aromatic carbocycles. The van der Waals surface area contributed by atoms with Crippen molar-refractivity contribution >= 4 is 29.3 Å². The van der Waals surface area contributed by atoms with Crippen molar-refractivity contribution in [3.8, 4) is 28.4 Å². The Morgan fingerprint density at radius 1 is 0.844 bits per heavy atom. The average molecular weight is 475 g/mol. The number of ether oxygens (including phenoxy) is 3. The van der Waals surface area contributed by atoms with Crippen molar-refractivity contribution in [2.75, 3.05) is 21.3 Å². The maximum Gasteiger partial charge on any atom is 0.295 e. The van der Waals surface area contributed by atoms with Crippen LogP contribution in [0.15, 0.2) is 47.4 Å². The normalized spacial score (nSPS) is 11.7. The van der Waals surface area contributed by atoms with Gasteiger partial charge in [0.25, 0.3) is 10.1 Å². The first kappa shape index (κ1) is 24.1. The number of rotatable bonds is 7. The Morgan fingerprint density at radius 2 is 1.41 bits per heavy atom. The van der Waals surface area contributed by atoms with Gasteiger partial charge in [0.05, 0.1) is 26.6 Å². The van der Waals surface area contributed by atoms with Crippen LogP contribution in [0.4, 0.5) is 0 Å². The van der Waals surface area contributed by atoms with Gasteiger partial charge in [-0.1, -0.05) is 35.9 Å². The Kier molecular flexibility index (Phi) is 7.13. The monoisotopic (exact) mass is 474 g/mol. The summed E-state index contributed by atoms with van der Waals surface area (Å²) < 4.78 is 51.8. The van der Waals surface area contributed by atoms with Gasteiger partial charge in [-0.25, -0.2) is 0 Å². The molecular weight excluding hydrogens is 447 g/mol. The SMILES string of the molecule is COc1cc(OC)c(Pc2cccc(-c3c(C)cc(C)cc3C)c2S(=O)(=O)O)c(OC)c1. The van der Waals surface area contributed by atoms with Gasteiger partial charge >= 0.3 is 0 Å². The zero-order chi connectivity index (χ0) is 23.6. The highest BCUT2D eigenvalue weighted by atomic mass is 32.2. The van der Waals surface area contributed by atoms with Crippen molar-refractivity contribution < 1.29 is 27.2 Å². The van der Waals surface area contributed by atoms with E-state index < -0.39 is 10.1 Å². The lowest BCUT2D eigenvalue weighted by molar-refractivity contribution is 0.380. The molecule has 8 heteroatoms. The van der Waals surface area contributed by atoms with Crippen molar-refractivity contribution in [3.05, 3.63) is 59.2 Å². The zero-order valence-electron chi connectivity index (χ0n) is 18.9. The van der Waals surface area contributed by atoms with Crippen molar-refractivity contribution in [2.24, 2.45) is 0 Å². The van der Waals surface area contributed by atoms with E-state index >= 15 is 0 Å². The quantitative estimate of drug-likeness (QED) is 0.409. The lowest BCUT2D eigenvalue weighted by Gasteiger charge is -2.19. The minimum atomic E-state index is -4.53. The molecule has 0 heterocycles. The fourth-order valence-electron chi connectivity index (χ4n) is 3.98. The summed E-state index contributed by atoms with van der Waals surface area (Å²) in [5.41, 5.74) is 4.23. The van der Waals surface area contributed by atoms with E-state index in [2.05, 4.69) is 0 Å². The van der Waals surface area contributed by atoms with E-state index in [0.717, 1.165) is 22.3 Å². The molecule has 0 radical (unpaired) electrons. The summed E-state index contributed by atoms with van der Waals surface area (Å²) in [5, 5.41) is 1.14. The molecule has 0 spiro atoms. The van der Waals surface area contributed by atoms with Gasteiger partial charge < -0.3 is 14.2 Å². The van der Waals surface area contributed by atoms with Crippen LogP contribution in [-0.2, 0) is 10.1 Å². The Balaban J connectivity index is 2.29. The van der Waals surface area contributed by atoms with Crippen molar-refractivity contribution in [2.45, 2.75) is 25.7 Å². The first-order valence-electron chi connectivity index (χ1n) is 9.86. The first-order chi connectivity index (χ1) is 15.1. The van der Waals surface area contributed by atoms with Crippen molar-refractivity contribution in [3.63, 3.8) is 0 Å². The predicted molar refractivity (Wildman–Crippen MR) is 130 cm³/mol. The smallest absolute Gasteiger partial charge is 0.295 e. The number of benzene rings is 3. The highest BCUT2D eigenvalue weighted by molar-refractivity contribution is 7.86. The molecule has 1 N–H and O–H groups in total. The molecule has 0 saturated heterocycles. The standard InChI is InChI=1S/C24H27O6PS/c1-14-10-15(2)22(16(3)11-14)18-8-7-9-21(24(18)32(25,26)27)31-23-19(29-5)12-17(28-4)13-20(23)30-6/h7-13,31H,1-6H3,(H,25,26,27). The van der Waals surface area contributed by atoms with E-state index in [0.29, 0.717) is 33.4 Å². The minimum Gasteiger partial charge on any atom is -0.496 e. The molecule has 0 aliphatic heterocycles. The fourth-order valence-corrected chi connectivity index (χ4v) is 6.60. The van der Waals surface area contributed by atoms with E-state index in [1.165, 1.54) is 14.2 Å². The van der Waals surface area contributed by atoms with Crippen LogP contribution in [0.1, 0.15) is 16.7 Å². The van der Waals surface area contributed by atoms with Crippen LogP contribution in [0, 0.1) is 20.8 Å². The van der Waals surface area contributed by atoms with Gasteiger partial charge in [0.1, 0.15) is 22.1 Å². The maximum absolute atomic E-state index is 12.6. The van der Waals surface area contributed by atoms with E-state index in [4.69, 9.17) is 14.2 Å². The molecule has 3 rings (SSSR count). The molecule has 0 saturated carbocycles. The third-order valence-corrected chi connectivity index (χ3v) is 7.76. The van der Waals surface area contributed by atoms with Crippen LogP contribution in [0.5, 0.6) is 17.2 Å². The maximum atomic E-state index is 12.6. The molecule has 0 amide bonds. The topological polar surface area (TPSA) is 82.1 Å². The van der Waals surface area contributed by atoms with Gasteiger partial charge in [-0.2, -0.15) is 8.42 Å². The summed E-state index contributed by atoms with van der Waals surface area (Å²) >= 11 is 0. The molecule has 0 aliphatic rings. The summed E-state index contributed by atoms with van der Waals surface area (Å²) in [4.78, 5) is -0.103. The summed E-state index contributed by atoms with van der Waals surface area (Å²) in [5.74, 6) is 1.57. The second kappa shape index (κ2) is 9.49. The van der Waals surface area contributed by atoms with Gasteiger partial charge in [0, 0.05) is 17.7 Å². The summed E-state index contributed by atoms with van der Waals surface area (Å²) in [6, 6.07) is 12.7. The van der Waals surface area contributed by atoms with Gasteiger partial charge in [0.15, 0.2) is 0 Å². The van der Waals surface area contributed by atoms with Gasteiger partial charge in [-0.3, -0.25) is 4.55 Å². The highest BCUT2D eigenvalue weighted by Crippen LogP contribution is 2.37. The number of hydrogen-bond acceptors (Lipinski definition) is 5. The molecule has 6 nitrogen and oxygen atoms in total. The molecular formula is C24H27O6PS. The largest absolute Gasteiger partial charge is 0.496 e. The average Bonchev–Trinajstić information content (AvgIpc) is 2.72. The van der Waals surface area contributed by atoms with Gasteiger partial charge in [-0.05, 0) is 51.3 Å². The van der Waals surface area contributed by atoms with Crippen LogP contribution < -0.4 is 24.8 Å². The number of aryl methyl sites for hydroxylation is 3. The van der Waals surface area contributed by atoms with E-state index in [1.807, 2.05) is 32.9 Å². The van der Waals surface area contributed by atoms with Crippen LogP contribution in [0.2, 0.25) is 0 Å². The molecule has 0 aromatic heterocycles. The predicted octanol–water partition coefficient (Wildman–Crippen LogP) is 4.18. The highest BCUT2D eigenvalue weighted by Gasteiger charge is 2.25. The van der Waals surface area contributed by atoms with Gasteiger partial charge in [0.2, 0.25) is 0 Å². The molecule has 0 aliphatic carbocycles. The molecule has 3 aromatic rings. The molecule has 1 atom stereocenters. The second-order valence-corrected chi connectivity index (χ2v) is 10.1. The summed E-state index contributed by atoms with van der Waals surface area (Å²) in [6.07, 6.45) is 0. The third kappa shape index (κ3) is 4.75. The molecule has 1 unspecified atom stereocenters. The van der Waals surface area contributed by atoms with Gasteiger partial charge in [-0.15, -0.1) is 0 Å². The fraction of sp³-hybridized carbons (Fsp3) is 0.250. The summed E-state index contributed by atoms with van der Waals surface area (Å²) in [6.45, 7) is 5.87. The lowest BCUT2D eigenvalue weighted by Crippen LogP contribution is -2.17. The molecule has 0 bridgehead atoms. The van der Waals surface area contributed by atoms with E-state index in [9.17, 15) is 13.0 Å². The van der Waals surface area contributed by atoms with Crippen LogP contribution in [-0.4, -0.2) is 34.3 Å². The van der Waals surface area contributed by atoms with Crippen LogP contribution >= 0.6 is 8.58 Å². The van der Waals surface area contributed by atoms with Crippen molar-refractivity contribution in [1.82, 2.24) is 0 Å². The first-order valence-corrected chi connectivity index (χ1v) is 12.3. The molecule has 0 fully saturated rings. The summed E-state index contributed by atoms with van der Waals surface area (Å²) in [7, 11) is -0.0792. The number of methoxy groups -OCH3 is 3. The van der Waals surface area contributed by atoms with E-state index in [-0.39, 0.29) is 13.5 Å². The van der Waals surface area contributed by atoms with E-state index in [1.54, 1.807) is 37.4 Å². The van der Waals surface area contributed by atoms with Crippen LogP contribution in [0.3, 0.4) is 0 Å².